The highest BCUT2D eigenvalue weighted by atomic mass is 16.6. The van der Waals surface area contributed by atoms with Gasteiger partial charge in [0, 0.05) is 0 Å². The SMILES string of the molecule is O=C1C[C@H](C2=CCCCC2)C(=O)O1. The van der Waals surface area contributed by atoms with Crippen molar-refractivity contribution >= 4 is 11.9 Å². The summed E-state index contributed by atoms with van der Waals surface area (Å²) < 4.78 is 4.51. The molecular weight excluding hydrogens is 168 g/mol. The van der Waals surface area contributed by atoms with Gasteiger partial charge in [-0.1, -0.05) is 11.6 Å². The van der Waals surface area contributed by atoms with Crippen LogP contribution in [-0.4, -0.2) is 11.9 Å². The van der Waals surface area contributed by atoms with Gasteiger partial charge in [0.05, 0.1) is 12.3 Å². The lowest BCUT2D eigenvalue weighted by Gasteiger charge is -2.14. The summed E-state index contributed by atoms with van der Waals surface area (Å²) in [6, 6.07) is 0. The molecule has 1 atom stereocenters. The third-order valence-corrected chi connectivity index (χ3v) is 2.64. The summed E-state index contributed by atoms with van der Waals surface area (Å²) in [5.74, 6) is -0.979. The Hall–Kier alpha value is -1.12. The van der Waals surface area contributed by atoms with Crippen LogP contribution in [0.5, 0.6) is 0 Å². The lowest BCUT2D eigenvalue weighted by molar-refractivity contribution is -0.152. The fourth-order valence-corrected chi connectivity index (χ4v) is 1.94. The predicted molar refractivity (Wildman–Crippen MR) is 45.8 cm³/mol. The van der Waals surface area contributed by atoms with Crippen LogP contribution >= 0.6 is 0 Å². The Bertz CT molecular complexity index is 278. The smallest absolute Gasteiger partial charge is 0.321 e. The highest BCUT2D eigenvalue weighted by molar-refractivity contribution is 5.96. The molecule has 0 aromatic rings. The van der Waals surface area contributed by atoms with Gasteiger partial charge in [-0.05, 0) is 25.7 Å². The van der Waals surface area contributed by atoms with Gasteiger partial charge in [0.1, 0.15) is 0 Å². The molecule has 1 fully saturated rings. The van der Waals surface area contributed by atoms with Gasteiger partial charge in [-0.2, -0.15) is 0 Å². The maximum atomic E-state index is 11.2. The van der Waals surface area contributed by atoms with Crippen molar-refractivity contribution in [2.45, 2.75) is 32.1 Å². The maximum Gasteiger partial charge on any atom is 0.321 e. The molecule has 1 aliphatic heterocycles. The molecule has 0 radical (unpaired) electrons. The number of hydrogen-bond donors (Lipinski definition) is 0. The van der Waals surface area contributed by atoms with E-state index >= 15 is 0 Å². The first kappa shape index (κ1) is 8.48. The first-order valence-corrected chi connectivity index (χ1v) is 4.71. The third-order valence-electron chi connectivity index (χ3n) is 2.64. The van der Waals surface area contributed by atoms with Crippen LogP contribution in [0.1, 0.15) is 32.1 Å². The molecule has 0 aromatic carbocycles. The summed E-state index contributed by atoms with van der Waals surface area (Å²) in [6.45, 7) is 0. The van der Waals surface area contributed by atoms with Gasteiger partial charge in [-0.15, -0.1) is 0 Å². The van der Waals surface area contributed by atoms with Crippen LogP contribution in [0, 0.1) is 5.92 Å². The quantitative estimate of drug-likeness (QED) is 0.349. The van der Waals surface area contributed by atoms with Crippen molar-refractivity contribution in [3.63, 3.8) is 0 Å². The molecule has 0 unspecified atom stereocenters. The molecule has 2 rings (SSSR count). The van der Waals surface area contributed by atoms with Crippen molar-refractivity contribution in [1.82, 2.24) is 0 Å². The van der Waals surface area contributed by atoms with Gasteiger partial charge < -0.3 is 4.74 Å². The van der Waals surface area contributed by atoms with E-state index < -0.39 is 0 Å². The number of ether oxygens (including phenoxy) is 1. The Labute approximate surface area is 76.8 Å². The number of esters is 2. The molecule has 1 saturated heterocycles. The molecule has 13 heavy (non-hydrogen) atoms. The van der Waals surface area contributed by atoms with Crippen LogP contribution in [0.3, 0.4) is 0 Å². The standard InChI is InChI=1S/C10H12O3/c11-9-6-8(10(12)13-9)7-4-2-1-3-5-7/h4,8H,1-3,5-6H2/t8-/m1/s1. The van der Waals surface area contributed by atoms with Crippen LogP contribution in [0.4, 0.5) is 0 Å². The van der Waals surface area contributed by atoms with Gasteiger partial charge >= 0.3 is 11.9 Å². The Kier molecular flexibility index (Phi) is 2.17. The monoisotopic (exact) mass is 180 g/mol. The maximum absolute atomic E-state index is 11.2. The molecule has 3 heteroatoms. The van der Waals surface area contributed by atoms with Crippen molar-refractivity contribution in [1.29, 1.82) is 0 Å². The second-order valence-electron chi connectivity index (χ2n) is 3.57. The van der Waals surface area contributed by atoms with E-state index in [-0.39, 0.29) is 24.3 Å². The minimum absolute atomic E-state index is 0.255. The second-order valence-corrected chi connectivity index (χ2v) is 3.57. The molecule has 0 spiro atoms. The summed E-state index contributed by atoms with van der Waals surface area (Å²) in [5, 5.41) is 0. The Morgan fingerprint density at radius 2 is 2.15 bits per heavy atom. The van der Waals surface area contributed by atoms with Crippen LogP contribution in [0.2, 0.25) is 0 Å². The normalized spacial score (nSPS) is 28.6. The van der Waals surface area contributed by atoms with E-state index in [0.717, 1.165) is 24.8 Å². The lowest BCUT2D eigenvalue weighted by Crippen LogP contribution is -2.12. The van der Waals surface area contributed by atoms with Crippen molar-refractivity contribution < 1.29 is 14.3 Å². The van der Waals surface area contributed by atoms with Crippen molar-refractivity contribution in [3.05, 3.63) is 11.6 Å². The molecule has 3 nitrogen and oxygen atoms in total. The molecule has 1 aliphatic carbocycles. The van der Waals surface area contributed by atoms with E-state index in [1.807, 2.05) is 0 Å². The van der Waals surface area contributed by atoms with Crippen LogP contribution in [-0.2, 0) is 14.3 Å². The minimum atomic E-state index is -0.374. The number of carbonyl (C=O) groups is 2. The van der Waals surface area contributed by atoms with Crippen LogP contribution < -0.4 is 0 Å². The molecule has 70 valence electrons. The predicted octanol–water partition coefficient (Wildman–Crippen LogP) is 1.58. The second kappa shape index (κ2) is 3.32. The summed E-state index contributed by atoms with van der Waals surface area (Å²) in [5.41, 5.74) is 1.11. The van der Waals surface area contributed by atoms with E-state index in [1.54, 1.807) is 0 Å². The molecule has 0 amide bonds. The minimum Gasteiger partial charge on any atom is -0.393 e. The number of hydrogen-bond acceptors (Lipinski definition) is 3. The van der Waals surface area contributed by atoms with Gasteiger partial charge in [0.2, 0.25) is 0 Å². The Morgan fingerprint density at radius 3 is 2.69 bits per heavy atom. The fraction of sp³-hybridized carbons (Fsp3) is 0.600. The van der Waals surface area contributed by atoms with Gasteiger partial charge in [0.25, 0.3) is 0 Å². The zero-order chi connectivity index (χ0) is 9.26. The number of allylic oxidation sites excluding steroid dienone is 1. The average Bonchev–Trinajstić information content (AvgIpc) is 2.47. The average molecular weight is 180 g/mol. The first-order chi connectivity index (χ1) is 6.27. The van der Waals surface area contributed by atoms with E-state index in [9.17, 15) is 9.59 Å². The largest absolute Gasteiger partial charge is 0.393 e. The van der Waals surface area contributed by atoms with Crippen molar-refractivity contribution in [3.8, 4) is 0 Å². The van der Waals surface area contributed by atoms with E-state index in [1.165, 1.54) is 6.42 Å². The van der Waals surface area contributed by atoms with Crippen molar-refractivity contribution in [2.24, 2.45) is 5.92 Å². The zero-order valence-electron chi connectivity index (χ0n) is 7.41. The number of cyclic esters (lactones) is 2. The van der Waals surface area contributed by atoms with E-state index in [0.29, 0.717) is 0 Å². The van der Waals surface area contributed by atoms with Crippen molar-refractivity contribution in [2.75, 3.05) is 0 Å². The third kappa shape index (κ3) is 1.64. The number of rotatable bonds is 1. The summed E-state index contributed by atoms with van der Waals surface area (Å²) in [6.07, 6.45) is 6.65. The van der Waals surface area contributed by atoms with Gasteiger partial charge in [-0.25, -0.2) is 0 Å². The molecule has 0 aromatic heterocycles. The molecular formula is C10H12O3. The highest BCUT2D eigenvalue weighted by Gasteiger charge is 2.35. The van der Waals surface area contributed by atoms with E-state index in [2.05, 4.69) is 10.8 Å². The molecule has 0 N–H and O–H groups in total. The molecule has 0 bridgehead atoms. The first-order valence-electron chi connectivity index (χ1n) is 4.71. The van der Waals surface area contributed by atoms with Crippen LogP contribution in [0.15, 0.2) is 11.6 Å². The highest BCUT2D eigenvalue weighted by Crippen LogP contribution is 2.30. The fourth-order valence-electron chi connectivity index (χ4n) is 1.94. The van der Waals surface area contributed by atoms with Crippen LogP contribution in [0.25, 0.3) is 0 Å². The van der Waals surface area contributed by atoms with Gasteiger partial charge in [0.15, 0.2) is 0 Å². The van der Waals surface area contributed by atoms with Gasteiger partial charge in [-0.3, -0.25) is 9.59 Å². The summed E-state index contributed by atoms with van der Waals surface area (Å²) in [7, 11) is 0. The summed E-state index contributed by atoms with van der Waals surface area (Å²) in [4.78, 5) is 22.0. The topological polar surface area (TPSA) is 43.4 Å². The number of carbonyl (C=O) groups excluding carboxylic acids is 2. The molecule has 0 saturated carbocycles. The van der Waals surface area contributed by atoms with E-state index in [4.69, 9.17) is 0 Å². The Balaban J connectivity index is 2.11. The zero-order valence-corrected chi connectivity index (χ0v) is 7.41. The lowest BCUT2D eigenvalue weighted by atomic mass is 9.88. The Morgan fingerprint density at radius 1 is 1.31 bits per heavy atom. The molecule has 2 aliphatic rings. The molecule has 1 heterocycles. The summed E-state index contributed by atoms with van der Waals surface area (Å²) >= 11 is 0.